The number of aliphatic hydroxyl groups excluding tert-OH is 1. The Morgan fingerprint density at radius 2 is 1.84 bits per heavy atom. The number of amides is 1. The van der Waals surface area contributed by atoms with E-state index in [9.17, 15) is 23.1 Å². The zero-order valence-electron chi connectivity index (χ0n) is 10.8. The summed E-state index contributed by atoms with van der Waals surface area (Å²) in [5.41, 5.74) is 0. The molecule has 2 rings (SSSR count). The van der Waals surface area contributed by atoms with E-state index >= 15 is 0 Å². The van der Waals surface area contributed by atoms with Crippen LogP contribution in [-0.4, -0.2) is 41.3 Å². The molecule has 0 aromatic heterocycles. The Labute approximate surface area is 110 Å². The third kappa shape index (κ3) is 3.04. The number of aliphatic hydroxyl groups is 1. The summed E-state index contributed by atoms with van der Waals surface area (Å²) < 4.78 is 39.0. The number of carbonyl (C=O) groups is 1. The van der Waals surface area contributed by atoms with Crippen LogP contribution in [0.15, 0.2) is 0 Å². The third-order valence-corrected chi connectivity index (χ3v) is 4.37. The molecule has 1 N–H and O–H groups in total. The molecule has 1 saturated carbocycles. The second-order valence-corrected chi connectivity index (χ2v) is 5.55. The van der Waals surface area contributed by atoms with Gasteiger partial charge in [-0.15, -0.1) is 0 Å². The Morgan fingerprint density at radius 1 is 1.16 bits per heavy atom. The molecule has 0 aromatic carbocycles. The molecular formula is C13H20F3NO2. The van der Waals surface area contributed by atoms with Crippen LogP contribution in [0.25, 0.3) is 0 Å². The van der Waals surface area contributed by atoms with Crippen molar-refractivity contribution in [3.8, 4) is 0 Å². The van der Waals surface area contributed by atoms with Crippen molar-refractivity contribution in [1.82, 2.24) is 4.90 Å². The Bertz CT molecular complexity index is 332. The highest BCUT2D eigenvalue weighted by molar-refractivity contribution is 5.80. The number of alkyl halides is 3. The van der Waals surface area contributed by atoms with Crippen molar-refractivity contribution in [2.45, 2.75) is 50.7 Å². The summed E-state index contributed by atoms with van der Waals surface area (Å²) in [4.78, 5) is 13.8. The van der Waals surface area contributed by atoms with Crippen LogP contribution in [0.1, 0.15) is 38.5 Å². The topological polar surface area (TPSA) is 40.5 Å². The first-order chi connectivity index (χ1) is 8.95. The van der Waals surface area contributed by atoms with Crippen LogP contribution in [0, 0.1) is 11.8 Å². The lowest BCUT2D eigenvalue weighted by Gasteiger charge is -2.36. The van der Waals surface area contributed by atoms with E-state index in [2.05, 4.69) is 0 Å². The van der Waals surface area contributed by atoms with Gasteiger partial charge in [-0.05, 0) is 25.7 Å². The predicted molar refractivity (Wildman–Crippen MR) is 63.3 cm³/mol. The van der Waals surface area contributed by atoms with Gasteiger partial charge in [0, 0.05) is 12.5 Å². The van der Waals surface area contributed by atoms with Gasteiger partial charge in [0.05, 0.1) is 18.6 Å². The molecule has 0 aromatic rings. The molecule has 6 heteroatoms. The summed E-state index contributed by atoms with van der Waals surface area (Å²) in [6.07, 6.45) is -1.26. The lowest BCUT2D eigenvalue weighted by molar-refractivity contribution is -0.201. The summed E-state index contributed by atoms with van der Waals surface area (Å²) in [7, 11) is 0. The molecule has 3 nitrogen and oxygen atoms in total. The van der Waals surface area contributed by atoms with Crippen molar-refractivity contribution in [2.24, 2.45) is 11.8 Å². The molecule has 1 aliphatic carbocycles. The molecule has 110 valence electrons. The highest BCUT2D eigenvalue weighted by Crippen LogP contribution is 2.42. The van der Waals surface area contributed by atoms with E-state index in [-0.39, 0.29) is 19.1 Å². The standard InChI is InChI=1S/C13H20F3NO2/c14-13(15,16)11-6-2-1-5-10(11)12(19)17-7-3-4-9(17)8-18/h9-11,18H,1-8H2. The molecule has 0 spiro atoms. The van der Waals surface area contributed by atoms with Crippen LogP contribution < -0.4 is 0 Å². The first-order valence-corrected chi connectivity index (χ1v) is 6.93. The van der Waals surface area contributed by atoms with E-state index in [0.29, 0.717) is 32.2 Å². The van der Waals surface area contributed by atoms with Crippen LogP contribution in [0.4, 0.5) is 13.2 Å². The number of halogens is 3. The van der Waals surface area contributed by atoms with Gasteiger partial charge >= 0.3 is 6.18 Å². The second-order valence-electron chi connectivity index (χ2n) is 5.55. The third-order valence-electron chi connectivity index (χ3n) is 4.37. The zero-order chi connectivity index (χ0) is 14.0. The first kappa shape index (κ1) is 14.6. The van der Waals surface area contributed by atoms with Crippen LogP contribution in [0.3, 0.4) is 0 Å². The number of carbonyl (C=O) groups excluding carboxylic acids is 1. The number of likely N-dealkylation sites (tertiary alicyclic amines) is 1. The van der Waals surface area contributed by atoms with Gasteiger partial charge in [0.15, 0.2) is 0 Å². The fourth-order valence-corrected chi connectivity index (χ4v) is 3.35. The summed E-state index contributed by atoms with van der Waals surface area (Å²) in [6.45, 7) is 0.320. The van der Waals surface area contributed by atoms with Gasteiger partial charge in [-0.2, -0.15) is 13.2 Å². The predicted octanol–water partition coefficient (Wildman–Crippen LogP) is 2.34. The van der Waals surface area contributed by atoms with E-state index in [1.54, 1.807) is 0 Å². The van der Waals surface area contributed by atoms with E-state index in [4.69, 9.17) is 0 Å². The Hall–Kier alpha value is -0.780. The molecule has 1 aliphatic heterocycles. The molecule has 19 heavy (non-hydrogen) atoms. The number of rotatable bonds is 2. The van der Waals surface area contributed by atoms with Crippen LogP contribution in [-0.2, 0) is 4.79 Å². The maximum Gasteiger partial charge on any atom is 0.392 e. The highest BCUT2D eigenvalue weighted by atomic mass is 19.4. The minimum Gasteiger partial charge on any atom is -0.394 e. The Morgan fingerprint density at radius 3 is 2.47 bits per heavy atom. The van der Waals surface area contributed by atoms with Crippen molar-refractivity contribution in [1.29, 1.82) is 0 Å². The molecule has 1 saturated heterocycles. The van der Waals surface area contributed by atoms with E-state index in [1.165, 1.54) is 4.90 Å². The minimum absolute atomic E-state index is 0.0531. The van der Waals surface area contributed by atoms with Crippen molar-refractivity contribution in [3.63, 3.8) is 0 Å². The molecule has 2 aliphatic rings. The molecule has 0 bridgehead atoms. The van der Waals surface area contributed by atoms with E-state index in [1.807, 2.05) is 0 Å². The molecule has 3 atom stereocenters. The lowest BCUT2D eigenvalue weighted by atomic mass is 9.78. The SMILES string of the molecule is O=C(C1CCCCC1C(F)(F)F)N1CCCC1CO. The Kier molecular flexibility index (Phi) is 4.38. The maximum absolute atomic E-state index is 13.0. The second kappa shape index (κ2) is 5.69. The quantitative estimate of drug-likeness (QED) is 0.843. The van der Waals surface area contributed by atoms with Gasteiger partial charge in [0.2, 0.25) is 5.91 Å². The van der Waals surface area contributed by atoms with Crippen LogP contribution in [0.2, 0.25) is 0 Å². The van der Waals surface area contributed by atoms with Crippen LogP contribution in [0.5, 0.6) is 0 Å². The number of hydrogen-bond acceptors (Lipinski definition) is 2. The number of nitrogens with zero attached hydrogens (tertiary/aromatic N) is 1. The largest absolute Gasteiger partial charge is 0.394 e. The molecule has 3 unspecified atom stereocenters. The van der Waals surface area contributed by atoms with E-state index in [0.717, 1.165) is 6.42 Å². The van der Waals surface area contributed by atoms with Crippen LogP contribution >= 0.6 is 0 Å². The fourth-order valence-electron chi connectivity index (χ4n) is 3.35. The van der Waals surface area contributed by atoms with Gasteiger partial charge in [-0.25, -0.2) is 0 Å². The summed E-state index contributed by atoms with van der Waals surface area (Å²) in [6, 6.07) is -0.289. The van der Waals surface area contributed by atoms with Gasteiger partial charge in [0.25, 0.3) is 0 Å². The average molecular weight is 279 g/mol. The normalized spacial score (nSPS) is 32.6. The lowest BCUT2D eigenvalue weighted by Crippen LogP contribution is -2.47. The van der Waals surface area contributed by atoms with Crippen molar-refractivity contribution < 1.29 is 23.1 Å². The molecular weight excluding hydrogens is 259 g/mol. The summed E-state index contributed by atoms with van der Waals surface area (Å²) in [5, 5.41) is 9.19. The fraction of sp³-hybridized carbons (Fsp3) is 0.923. The number of hydrogen-bond donors (Lipinski definition) is 1. The summed E-state index contributed by atoms with van der Waals surface area (Å²) >= 11 is 0. The molecule has 0 radical (unpaired) electrons. The van der Waals surface area contributed by atoms with E-state index < -0.39 is 23.9 Å². The van der Waals surface area contributed by atoms with Crippen molar-refractivity contribution >= 4 is 5.91 Å². The molecule has 2 fully saturated rings. The first-order valence-electron chi connectivity index (χ1n) is 6.93. The molecule has 1 heterocycles. The van der Waals surface area contributed by atoms with Gasteiger partial charge in [-0.3, -0.25) is 4.79 Å². The van der Waals surface area contributed by atoms with Gasteiger partial charge < -0.3 is 10.0 Å². The average Bonchev–Trinajstić information content (AvgIpc) is 2.85. The Balaban J connectivity index is 2.11. The maximum atomic E-state index is 13.0. The monoisotopic (exact) mass is 279 g/mol. The van der Waals surface area contributed by atoms with Crippen molar-refractivity contribution in [2.75, 3.05) is 13.2 Å². The zero-order valence-corrected chi connectivity index (χ0v) is 10.8. The minimum atomic E-state index is -4.30. The van der Waals surface area contributed by atoms with Crippen molar-refractivity contribution in [3.05, 3.63) is 0 Å². The van der Waals surface area contributed by atoms with Gasteiger partial charge in [-0.1, -0.05) is 12.8 Å². The highest BCUT2D eigenvalue weighted by Gasteiger charge is 2.49. The van der Waals surface area contributed by atoms with Gasteiger partial charge in [0.1, 0.15) is 0 Å². The summed E-state index contributed by atoms with van der Waals surface area (Å²) in [5.74, 6) is -2.85. The molecule has 1 amide bonds. The smallest absolute Gasteiger partial charge is 0.392 e.